The van der Waals surface area contributed by atoms with Gasteiger partial charge in [0, 0.05) is 19.0 Å². The number of amides is 1. The summed E-state index contributed by atoms with van der Waals surface area (Å²) in [5.74, 6) is -0.828. The molecule has 0 spiro atoms. The van der Waals surface area contributed by atoms with Crippen LogP contribution in [0.1, 0.15) is 37.8 Å². The summed E-state index contributed by atoms with van der Waals surface area (Å²) in [6.07, 6.45) is 5.26. The number of aliphatic carboxylic acids is 1. The summed E-state index contributed by atoms with van der Waals surface area (Å²) in [5, 5.41) is 14.9. The van der Waals surface area contributed by atoms with Gasteiger partial charge in [-0.2, -0.15) is 0 Å². The van der Waals surface area contributed by atoms with Gasteiger partial charge in [-0.05, 0) is 12.8 Å². The second-order valence-electron chi connectivity index (χ2n) is 4.08. The Morgan fingerprint density at radius 3 is 2.72 bits per heavy atom. The molecule has 18 heavy (non-hydrogen) atoms. The molecule has 0 bridgehead atoms. The molecule has 0 atom stereocenters. The highest BCUT2D eigenvalue weighted by atomic mass is 16.5. The molecule has 0 saturated carbocycles. The van der Waals surface area contributed by atoms with E-state index in [1.807, 2.05) is 0 Å². The van der Waals surface area contributed by atoms with Gasteiger partial charge in [-0.15, -0.1) is 0 Å². The molecule has 1 amide bonds. The van der Waals surface area contributed by atoms with E-state index >= 15 is 0 Å². The van der Waals surface area contributed by atoms with Gasteiger partial charge in [0.15, 0.2) is 0 Å². The predicted octanol–water partition coefficient (Wildman–Crippen LogP) is 1.37. The zero-order valence-electron chi connectivity index (χ0n) is 10.2. The van der Waals surface area contributed by atoms with Crippen LogP contribution in [0.2, 0.25) is 0 Å². The van der Waals surface area contributed by atoms with Gasteiger partial charge in [0.2, 0.25) is 5.91 Å². The predicted molar refractivity (Wildman–Crippen MR) is 63.9 cm³/mol. The first-order chi connectivity index (χ1) is 8.68. The van der Waals surface area contributed by atoms with Crippen molar-refractivity contribution in [1.82, 2.24) is 10.5 Å². The lowest BCUT2D eigenvalue weighted by molar-refractivity contribution is -0.137. The van der Waals surface area contributed by atoms with E-state index in [9.17, 15) is 9.59 Å². The molecule has 1 heterocycles. The first kappa shape index (κ1) is 14.2. The van der Waals surface area contributed by atoms with Gasteiger partial charge in [0.1, 0.15) is 6.26 Å². The maximum absolute atomic E-state index is 11.4. The van der Waals surface area contributed by atoms with Crippen molar-refractivity contribution in [3.05, 3.63) is 18.0 Å². The number of hydrogen-bond acceptors (Lipinski definition) is 4. The summed E-state index contributed by atoms with van der Waals surface area (Å²) in [6.45, 7) is 0.615. The standard InChI is InChI=1S/C12H18N2O4/c15-11(9-10-6-8-18-14-10)13-7-4-2-1-3-5-12(16)17/h6,8H,1-5,7,9H2,(H,13,15)(H,16,17). The fourth-order valence-electron chi connectivity index (χ4n) is 1.54. The van der Waals surface area contributed by atoms with Gasteiger partial charge in [-0.1, -0.05) is 18.0 Å². The molecular weight excluding hydrogens is 236 g/mol. The lowest BCUT2D eigenvalue weighted by Crippen LogP contribution is -2.26. The molecule has 2 N–H and O–H groups in total. The minimum Gasteiger partial charge on any atom is -0.481 e. The molecule has 0 unspecified atom stereocenters. The van der Waals surface area contributed by atoms with Crippen molar-refractivity contribution < 1.29 is 19.2 Å². The van der Waals surface area contributed by atoms with Crippen LogP contribution in [0.15, 0.2) is 16.9 Å². The van der Waals surface area contributed by atoms with Gasteiger partial charge in [-0.25, -0.2) is 0 Å². The third-order valence-electron chi connectivity index (χ3n) is 2.47. The van der Waals surface area contributed by atoms with E-state index in [4.69, 9.17) is 5.11 Å². The van der Waals surface area contributed by atoms with E-state index in [2.05, 4.69) is 15.0 Å². The summed E-state index contributed by atoms with van der Waals surface area (Å²) in [7, 11) is 0. The number of nitrogens with one attached hydrogen (secondary N) is 1. The fraction of sp³-hybridized carbons (Fsp3) is 0.583. The molecule has 0 aliphatic heterocycles. The smallest absolute Gasteiger partial charge is 0.303 e. The summed E-state index contributed by atoms with van der Waals surface area (Å²) in [4.78, 5) is 21.7. The van der Waals surface area contributed by atoms with Crippen LogP contribution in [0.5, 0.6) is 0 Å². The summed E-state index contributed by atoms with van der Waals surface area (Å²) >= 11 is 0. The molecule has 1 rings (SSSR count). The van der Waals surface area contributed by atoms with Crippen LogP contribution in [0.3, 0.4) is 0 Å². The van der Waals surface area contributed by atoms with Crippen molar-refractivity contribution in [2.24, 2.45) is 0 Å². The van der Waals surface area contributed by atoms with Gasteiger partial charge < -0.3 is 14.9 Å². The fourth-order valence-corrected chi connectivity index (χ4v) is 1.54. The Hall–Kier alpha value is -1.85. The second kappa shape index (κ2) is 8.27. The molecule has 100 valence electrons. The minimum atomic E-state index is -0.754. The van der Waals surface area contributed by atoms with Crippen LogP contribution in [-0.4, -0.2) is 28.7 Å². The van der Waals surface area contributed by atoms with E-state index in [1.165, 1.54) is 6.26 Å². The maximum atomic E-state index is 11.4. The van der Waals surface area contributed by atoms with Gasteiger partial charge in [-0.3, -0.25) is 9.59 Å². The SMILES string of the molecule is O=C(O)CCCCCCNC(=O)Cc1ccon1. The molecule has 0 fully saturated rings. The highest BCUT2D eigenvalue weighted by Gasteiger charge is 2.04. The number of rotatable bonds is 9. The van der Waals surface area contributed by atoms with Gasteiger partial charge in [0.05, 0.1) is 12.1 Å². The Bertz CT molecular complexity index is 362. The number of carboxylic acid groups (broad SMARTS) is 1. The normalized spacial score (nSPS) is 10.2. The zero-order valence-corrected chi connectivity index (χ0v) is 10.2. The first-order valence-corrected chi connectivity index (χ1v) is 6.06. The number of nitrogens with zero attached hydrogens (tertiary/aromatic N) is 1. The number of aromatic nitrogens is 1. The average molecular weight is 254 g/mol. The largest absolute Gasteiger partial charge is 0.481 e. The van der Waals surface area contributed by atoms with Crippen LogP contribution in [0.4, 0.5) is 0 Å². The zero-order chi connectivity index (χ0) is 13.2. The average Bonchev–Trinajstić information content (AvgIpc) is 2.80. The molecule has 1 aromatic heterocycles. The van der Waals surface area contributed by atoms with Crippen molar-refractivity contribution in [2.75, 3.05) is 6.54 Å². The molecule has 0 radical (unpaired) electrons. The van der Waals surface area contributed by atoms with Gasteiger partial charge >= 0.3 is 5.97 Å². The molecule has 6 heteroatoms. The van der Waals surface area contributed by atoms with E-state index in [0.717, 1.165) is 19.3 Å². The van der Waals surface area contributed by atoms with E-state index in [0.29, 0.717) is 18.7 Å². The number of carbonyl (C=O) groups is 2. The molecular formula is C12H18N2O4. The molecule has 1 aromatic rings. The Morgan fingerprint density at radius 1 is 1.28 bits per heavy atom. The highest BCUT2D eigenvalue weighted by molar-refractivity contribution is 5.77. The van der Waals surface area contributed by atoms with Crippen LogP contribution < -0.4 is 5.32 Å². The quantitative estimate of drug-likeness (QED) is 0.649. The van der Waals surface area contributed by atoms with Crippen LogP contribution in [-0.2, 0) is 16.0 Å². The maximum Gasteiger partial charge on any atom is 0.303 e. The summed E-state index contributed by atoms with van der Waals surface area (Å²) in [6, 6.07) is 1.66. The Labute approximate surface area is 105 Å². The minimum absolute atomic E-state index is 0.0746. The van der Waals surface area contributed by atoms with Crippen molar-refractivity contribution in [3.8, 4) is 0 Å². The Kier molecular flexibility index (Phi) is 6.53. The second-order valence-corrected chi connectivity index (χ2v) is 4.08. The van der Waals surface area contributed by atoms with Crippen molar-refractivity contribution in [3.63, 3.8) is 0 Å². The third-order valence-corrected chi connectivity index (χ3v) is 2.47. The highest BCUT2D eigenvalue weighted by Crippen LogP contribution is 2.02. The van der Waals surface area contributed by atoms with Gasteiger partial charge in [0.25, 0.3) is 0 Å². The number of carboxylic acids is 1. The first-order valence-electron chi connectivity index (χ1n) is 6.06. The van der Waals surface area contributed by atoms with E-state index < -0.39 is 5.97 Å². The molecule has 0 aliphatic rings. The summed E-state index contributed by atoms with van der Waals surface area (Å²) in [5.41, 5.74) is 0.619. The molecule has 0 aromatic carbocycles. The number of hydrogen-bond donors (Lipinski definition) is 2. The molecule has 0 aliphatic carbocycles. The summed E-state index contributed by atoms with van der Waals surface area (Å²) < 4.78 is 4.63. The van der Waals surface area contributed by atoms with Crippen molar-refractivity contribution in [2.45, 2.75) is 38.5 Å². The van der Waals surface area contributed by atoms with Crippen LogP contribution in [0.25, 0.3) is 0 Å². The van der Waals surface area contributed by atoms with Crippen molar-refractivity contribution in [1.29, 1.82) is 0 Å². The third kappa shape index (κ3) is 6.67. The molecule has 0 saturated heterocycles. The van der Waals surface area contributed by atoms with E-state index in [-0.39, 0.29) is 18.7 Å². The van der Waals surface area contributed by atoms with E-state index in [1.54, 1.807) is 6.07 Å². The lowest BCUT2D eigenvalue weighted by atomic mass is 10.1. The van der Waals surface area contributed by atoms with Crippen LogP contribution in [0, 0.1) is 0 Å². The topological polar surface area (TPSA) is 92.4 Å². The number of carbonyl (C=O) groups excluding carboxylic acids is 1. The van der Waals surface area contributed by atoms with Crippen molar-refractivity contribution >= 4 is 11.9 Å². The lowest BCUT2D eigenvalue weighted by Gasteiger charge is -2.03. The number of unbranched alkanes of at least 4 members (excludes halogenated alkanes) is 3. The Morgan fingerprint density at radius 2 is 2.06 bits per heavy atom. The molecule has 6 nitrogen and oxygen atoms in total. The Balaban J connectivity index is 1.94. The monoisotopic (exact) mass is 254 g/mol. The van der Waals surface area contributed by atoms with Crippen LogP contribution >= 0.6 is 0 Å².